The number of aromatic nitrogens is 1. The van der Waals surface area contributed by atoms with Gasteiger partial charge >= 0.3 is 6.18 Å². The zero-order valence-electron chi connectivity index (χ0n) is 6.39. The van der Waals surface area contributed by atoms with Crippen molar-refractivity contribution in [3.63, 3.8) is 0 Å². The van der Waals surface area contributed by atoms with Gasteiger partial charge in [0.25, 0.3) is 0 Å². The zero-order chi connectivity index (χ0) is 9.19. The highest BCUT2D eigenvalue weighted by atomic mass is 19.4. The molecule has 0 aliphatic heterocycles. The Morgan fingerprint density at radius 3 is 2.50 bits per heavy atom. The molecule has 1 aromatic heterocycles. The smallest absolute Gasteiger partial charge is 0.271 e. The Balaban J connectivity index is 3.14. The van der Waals surface area contributed by atoms with E-state index in [1.807, 2.05) is 0 Å². The molecule has 0 fully saturated rings. The number of nitrogens with zero attached hydrogens (tertiary/aromatic N) is 1. The molecule has 0 saturated heterocycles. The normalized spacial score (nSPS) is 11.3. The van der Waals surface area contributed by atoms with Gasteiger partial charge in [0.2, 0.25) is 0 Å². The standard InChI is InChI=1S/C7H6BF3N/c1-8-6-5(7(9,10)11)3-2-4-12-6/h2-4H,1H3. The van der Waals surface area contributed by atoms with Crippen LogP contribution < -0.4 is 5.59 Å². The third-order valence-corrected chi connectivity index (χ3v) is 1.42. The molecule has 1 radical (unpaired) electrons. The fourth-order valence-electron chi connectivity index (χ4n) is 0.887. The monoisotopic (exact) mass is 172 g/mol. The van der Waals surface area contributed by atoms with Crippen molar-refractivity contribution in [2.75, 3.05) is 0 Å². The summed E-state index contributed by atoms with van der Waals surface area (Å²) in [5.41, 5.74) is -0.711. The average Bonchev–Trinajstić information content (AvgIpc) is 2.03. The van der Waals surface area contributed by atoms with Crippen LogP contribution in [0.2, 0.25) is 6.82 Å². The van der Waals surface area contributed by atoms with Gasteiger partial charge < -0.3 is 0 Å². The van der Waals surface area contributed by atoms with E-state index in [9.17, 15) is 13.2 Å². The summed E-state index contributed by atoms with van der Waals surface area (Å²) in [6, 6.07) is 2.29. The first kappa shape index (κ1) is 9.10. The summed E-state index contributed by atoms with van der Waals surface area (Å²) < 4.78 is 36.5. The van der Waals surface area contributed by atoms with Gasteiger partial charge in [-0.15, -0.1) is 0 Å². The van der Waals surface area contributed by atoms with Gasteiger partial charge in [-0.3, -0.25) is 4.98 Å². The molecule has 1 aromatic rings. The van der Waals surface area contributed by atoms with Crippen LogP contribution in [0.15, 0.2) is 18.3 Å². The Bertz CT molecular complexity index is 272. The highest BCUT2D eigenvalue weighted by Gasteiger charge is 2.32. The molecule has 5 heteroatoms. The molecule has 0 saturated carbocycles. The van der Waals surface area contributed by atoms with E-state index >= 15 is 0 Å². The maximum Gasteiger partial charge on any atom is 0.417 e. The van der Waals surface area contributed by atoms with E-state index in [1.165, 1.54) is 26.4 Å². The lowest BCUT2D eigenvalue weighted by Crippen LogP contribution is -2.26. The second-order valence-corrected chi connectivity index (χ2v) is 2.22. The van der Waals surface area contributed by atoms with Crippen molar-refractivity contribution in [3.8, 4) is 0 Å². The number of rotatable bonds is 1. The van der Waals surface area contributed by atoms with E-state index in [1.54, 1.807) is 0 Å². The first-order valence-electron chi connectivity index (χ1n) is 3.37. The molecule has 0 aromatic carbocycles. The van der Waals surface area contributed by atoms with E-state index in [2.05, 4.69) is 4.98 Å². The van der Waals surface area contributed by atoms with Crippen molar-refractivity contribution in [2.24, 2.45) is 0 Å². The molecular formula is C7H6BF3N. The Kier molecular flexibility index (Phi) is 2.40. The third kappa shape index (κ3) is 1.78. The molecule has 0 aliphatic rings. The average molecular weight is 172 g/mol. The maximum atomic E-state index is 12.2. The van der Waals surface area contributed by atoms with Crippen LogP contribution >= 0.6 is 0 Å². The van der Waals surface area contributed by atoms with Gasteiger partial charge in [0.15, 0.2) is 7.28 Å². The second-order valence-electron chi connectivity index (χ2n) is 2.22. The molecule has 63 valence electrons. The minimum Gasteiger partial charge on any atom is -0.271 e. The Hall–Kier alpha value is -0.995. The van der Waals surface area contributed by atoms with Crippen molar-refractivity contribution in [1.29, 1.82) is 0 Å². The first-order chi connectivity index (χ1) is 5.55. The largest absolute Gasteiger partial charge is 0.417 e. The molecule has 0 unspecified atom stereocenters. The molecule has 1 nitrogen and oxygen atoms in total. The van der Waals surface area contributed by atoms with Crippen LogP contribution in [0.4, 0.5) is 13.2 Å². The van der Waals surface area contributed by atoms with Crippen molar-refractivity contribution < 1.29 is 13.2 Å². The fourth-order valence-corrected chi connectivity index (χ4v) is 0.887. The quantitative estimate of drug-likeness (QED) is 0.584. The lowest BCUT2D eigenvalue weighted by molar-refractivity contribution is -0.136. The highest BCUT2D eigenvalue weighted by molar-refractivity contribution is 6.51. The number of hydrogen-bond donors (Lipinski definition) is 0. The van der Waals surface area contributed by atoms with Crippen LogP contribution in [0.3, 0.4) is 0 Å². The molecule has 1 rings (SSSR count). The number of pyridine rings is 1. The highest BCUT2D eigenvalue weighted by Crippen LogP contribution is 2.26. The van der Waals surface area contributed by atoms with Crippen molar-refractivity contribution in [1.82, 2.24) is 4.98 Å². The topological polar surface area (TPSA) is 12.9 Å². The molecule has 0 atom stereocenters. The molecule has 0 N–H and O–H groups in total. The van der Waals surface area contributed by atoms with Crippen LogP contribution in [0, 0.1) is 0 Å². The van der Waals surface area contributed by atoms with E-state index < -0.39 is 11.7 Å². The summed E-state index contributed by atoms with van der Waals surface area (Å²) in [5.74, 6) is 0. The van der Waals surface area contributed by atoms with E-state index in [4.69, 9.17) is 0 Å². The molecule has 12 heavy (non-hydrogen) atoms. The van der Waals surface area contributed by atoms with Crippen LogP contribution in [0.1, 0.15) is 5.56 Å². The summed E-state index contributed by atoms with van der Waals surface area (Å²) in [7, 11) is 1.34. The zero-order valence-corrected chi connectivity index (χ0v) is 6.39. The van der Waals surface area contributed by atoms with Crippen molar-refractivity contribution in [3.05, 3.63) is 23.9 Å². The molecule has 0 bridgehead atoms. The minimum atomic E-state index is -4.31. The summed E-state index contributed by atoms with van der Waals surface area (Å²) in [6.07, 6.45) is -2.97. The van der Waals surface area contributed by atoms with Gasteiger partial charge in [0.05, 0.1) is 5.56 Å². The van der Waals surface area contributed by atoms with E-state index in [0.29, 0.717) is 0 Å². The minimum absolute atomic E-state index is 0.0231. The fraction of sp³-hybridized carbons (Fsp3) is 0.286. The SMILES string of the molecule is C[B]c1ncccc1C(F)(F)F. The Morgan fingerprint density at radius 2 is 2.08 bits per heavy atom. The van der Waals surface area contributed by atoms with Gasteiger partial charge in [-0.2, -0.15) is 13.2 Å². The van der Waals surface area contributed by atoms with Crippen LogP contribution in [0.5, 0.6) is 0 Å². The third-order valence-electron chi connectivity index (χ3n) is 1.42. The molecule has 0 amide bonds. The van der Waals surface area contributed by atoms with Gasteiger partial charge in [-0.25, -0.2) is 0 Å². The number of halogens is 3. The van der Waals surface area contributed by atoms with Gasteiger partial charge in [-0.1, -0.05) is 6.82 Å². The molecule has 0 spiro atoms. The maximum absolute atomic E-state index is 12.2. The number of alkyl halides is 3. The lowest BCUT2D eigenvalue weighted by Gasteiger charge is -2.09. The molecule has 1 heterocycles. The van der Waals surface area contributed by atoms with Gasteiger partial charge in [-0.05, 0) is 12.1 Å². The van der Waals surface area contributed by atoms with E-state index in [0.717, 1.165) is 6.07 Å². The Labute approximate surface area is 68.9 Å². The van der Waals surface area contributed by atoms with Crippen molar-refractivity contribution in [2.45, 2.75) is 13.0 Å². The summed E-state index contributed by atoms with van der Waals surface area (Å²) in [5, 5.41) is 0. The first-order valence-corrected chi connectivity index (χ1v) is 3.37. The van der Waals surface area contributed by atoms with Gasteiger partial charge in [0.1, 0.15) is 0 Å². The van der Waals surface area contributed by atoms with Crippen LogP contribution in [-0.4, -0.2) is 12.3 Å². The lowest BCUT2D eigenvalue weighted by atomic mass is 9.75. The molecular weight excluding hydrogens is 166 g/mol. The summed E-state index contributed by atoms with van der Waals surface area (Å²) in [6.45, 7) is 1.53. The molecule has 0 aliphatic carbocycles. The predicted octanol–water partition coefficient (Wildman–Crippen LogP) is 1.48. The van der Waals surface area contributed by atoms with E-state index in [-0.39, 0.29) is 5.59 Å². The summed E-state index contributed by atoms with van der Waals surface area (Å²) in [4.78, 5) is 3.59. The second kappa shape index (κ2) is 3.17. The Morgan fingerprint density at radius 1 is 1.42 bits per heavy atom. The van der Waals surface area contributed by atoms with Gasteiger partial charge in [0, 0.05) is 11.8 Å². The van der Waals surface area contributed by atoms with Crippen LogP contribution in [-0.2, 0) is 6.18 Å². The van der Waals surface area contributed by atoms with Crippen LogP contribution in [0.25, 0.3) is 0 Å². The summed E-state index contributed by atoms with van der Waals surface area (Å²) >= 11 is 0. The predicted molar refractivity (Wildman–Crippen MR) is 40.5 cm³/mol. The number of hydrogen-bond acceptors (Lipinski definition) is 1. The van der Waals surface area contributed by atoms with Crippen molar-refractivity contribution >= 4 is 12.9 Å².